The molecule has 0 radical (unpaired) electrons. The summed E-state index contributed by atoms with van der Waals surface area (Å²) in [5.41, 5.74) is 0. The molecule has 6 rings (SSSR count). The van der Waals surface area contributed by atoms with Gasteiger partial charge < -0.3 is 29.4 Å². The molecule has 6 saturated carbocycles. The summed E-state index contributed by atoms with van der Waals surface area (Å²) in [6, 6.07) is 5.39. The second-order valence-electron chi connectivity index (χ2n) is 18.5. The Bertz CT molecular complexity index is 732. The lowest BCUT2D eigenvalue weighted by atomic mass is 9.92. The summed E-state index contributed by atoms with van der Waals surface area (Å²) in [5, 5.41) is 0. The first-order valence-corrected chi connectivity index (χ1v) is 22.3. The van der Waals surface area contributed by atoms with E-state index in [2.05, 4.69) is 114 Å². The molecule has 0 aliphatic heterocycles. The summed E-state index contributed by atoms with van der Waals surface area (Å²) in [5.74, 6) is 0. The third-order valence-electron chi connectivity index (χ3n) is 12.8. The Balaban J connectivity index is 0.000000309. The Morgan fingerprint density at radius 1 is 0.176 bits per heavy atom. The van der Waals surface area contributed by atoms with E-state index in [1.807, 2.05) is 0 Å². The zero-order valence-electron chi connectivity index (χ0n) is 37.2. The van der Waals surface area contributed by atoms with Gasteiger partial charge in [0.25, 0.3) is 0 Å². The van der Waals surface area contributed by atoms with Crippen molar-refractivity contribution in [1.29, 1.82) is 0 Å². The third kappa shape index (κ3) is 25.5. The van der Waals surface area contributed by atoms with E-state index in [4.69, 9.17) is 0 Å². The van der Waals surface area contributed by atoms with Gasteiger partial charge in [0, 0.05) is 36.3 Å². The summed E-state index contributed by atoms with van der Waals surface area (Å²) < 4.78 is 0. The fourth-order valence-corrected chi connectivity index (χ4v) is 8.24. The van der Waals surface area contributed by atoms with Gasteiger partial charge in [-0.15, -0.1) is 0 Å². The first-order chi connectivity index (χ1) is 24.3. The van der Waals surface area contributed by atoms with Crippen LogP contribution in [-0.4, -0.2) is 150 Å². The highest BCUT2D eigenvalue weighted by Gasteiger charge is 2.22. The number of hydrogen-bond acceptors (Lipinski definition) is 6. The molecule has 6 aliphatic rings. The van der Waals surface area contributed by atoms with Gasteiger partial charge in [-0.25, -0.2) is 0 Å². The maximum Gasteiger partial charge on any atom is 0.00903 e. The van der Waals surface area contributed by atoms with E-state index < -0.39 is 0 Å². The Hall–Kier alpha value is -0.240. The van der Waals surface area contributed by atoms with E-state index in [-0.39, 0.29) is 0 Å². The van der Waals surface area contributed by atoms with Crippen LogP contribution in [0.2, 0.25) is 0 Å². The van der Waals surface area contributed by atoms with Crippen molar-refractivity contribution >= 4 is 0 Å². The molecule has 0 amide bonds. The van der Waals surface area contributed by atoms with E-state index in [9.17, 15) is 0 Å². The molecule has 0 N–H and O–H groups in total. The molecule has 0 saturated heterocycles. The van der Waals surface area contributed by atoms with Crippen molar-refractivity contribution in [3.8, 4) is 0 Å². The molecule has 0 aromatic rings. The first-order valence-electron chi connectivity index (χ1n) is 22.3. The molecule has 0 atom stereocenters. The van der Waals surface area contributed by atoms with Gasteiger partial charge >= 0.3 is 0 Å². The van der Waals surface area contributed by atoms with E-state index >= 15 is 0 Å². The van der Waals surface area contributed by atoms with Gasteiger partial charge in [0.15, 0.2) is 0 Å². The van der Waals surface area contributed by atoms with Crippen molar-refractivity contribution in [2.24, 2.45) is 0 Å². The minimum absolute atomic E-state index is 0.871. The molecule has 0 bridgehead atoms. The first kappa shape index (κ1) is 48.8. The molecule has 6 aliphatic carbocycles. The van der Waals surface area contributed by atoms with Gasteiger partial charge in [0.1, 0.15) is 0 Å². The molecule has 0 unspecified atom stereocenters. The number of hydrogen-bond donors (Lipinski definition) is 0. The zero-order valence-corrected chi connectivity index (χ0v) is 37.2. The second kappa shape index (κ2) is 30.0. The lowest BCUT2D eigenvalue weighted by Crippen LogP contribution is -2.33. The lowest BCUT2D eigenvalue weighted by molar-refractivity contribution is 0.193. The van der Waals surface area contributed by atoms with Crippen molar-refractivity contribution in [2.45, 2.75) is 210 Å². The quantitative estimate of drug-likeness (QED) is 0.253. The van der Waals surface area contributed by atoms with Gasteiger partial charge in [-0.3, -0.25) is 0 Å². The molecule has 0 spiro atoms. The largest absolute Gasteiger partial charge is 0.306 e. The Kier molecular flexibility index (Phi) is 28.7. The molecular weight excluding hydrogens is 625 g/mol. The molecule has 0 aromatic heterocycles. The van der Waals surface area contributed by atoms with Crippen LogP contribution in [0.4, 0.5) is 0 Å². The standard InChI is InChI=1S/C10H21N.C9H19N.C8H17N.C7H15N.C6H13N.C5H11N/c1-11(2)10-8-6-4-3-5-7-9-10;1-10(2)9-7-5-3-4-6-8-9;1-9(2)8-6-4-3-5-7-8;1-8(2)7-5-3-4-6-7;1-7(2)6-4-3-5-6;1-6(2)5-3-4-5/h10H,3-9H2,1-2H3;9H,3-8H2,1-2H3;8H,3-7H2,1-2H3;7H,3-6H2,1-2H3;6H,3-5H2,1-2H3;5H,3-4H2,1-2H3. The fourth-order valence-electron chi connectivity index (χ4n) is 8.24. The minimum Gasteiger partial charge on any atom is -0.306 e. The van der Waals surface area contributed by atoms with Gasteiger partial charge in [-0.1, -0.05) is 96.3 Å². The maximum absolute atomic E-state index is 2.39. The minimum atomic E-state index is 0.871. The van der Waals surface area contributed by atoms with E-state index in [1.54, 1.807) is 0 Å². The van der Waals surface area contributed by atoms with Crippen molar-refractivity contribution in [3.05, 3.63) is 0 Å². The molecule has 0 aromatic carbocycles. The highest BCUT2D eigenvalue weighted by Crippen LogP contribution is 2.24. The van der Waals surface area contributed by atoms with Gasteiger partial charge in [0.05, 0.1) is 0 Å². The summed E-state index contributed by atoms with van der Waals surface area (Å²) >= 11 is 0. The fraction of sp³-hybridized carbons (Fsp3) is 1.00. The summed E-state index contributed by atoms with van der Waals surface area (Å²) in [4.78, 5) is 14.1. The Morgan fingerprint density at radius 3 is 0.451 bits per heavy atom. The summed E-state index contributed by atoms with van der Waals surface area (Å²) in [7, 11) is 26.2. The smallest absolute Gasteiger partial charge is 0.00903 e. The molecule has 6 nitrogen and oxygen atoms in total. The molecule has 306 valence electrons. The van der Waals surface area contributed by atoms with Crippen LogP contribution in [0.3, 0.4) is 0 Å². The van der Waals surface area contributed by atoms with Crippen molar-refractivity contribution in [1.82, 2.24) is 29.4 Å². The monoisotopic (exact) mass is 721 g/mol. The highest BCUT2D eigenvalue weighted by atomic mass is 15.1. The van der Waals surface area contributed by atoms with Crippen LogP contribution < -0.4 is 0 Å². The maximum atomic E-state index is 2.39. The molecule has 6 heteroatoms. The Labute approximate surface area is 322 Å². The molecule has 0 heterocycles. The van der Waals surface area contributed by atoms with Crippen molar-refractivity contribution in [3.63, 3.8) is 0 Å². The van der Waals surface area contributed by atoms with Gasteiger partial charge in [-0.2, -0.15) is 0 Å². The molecular formula is C45H96N6. The number of rotatable bonds is 6. The van der Waals surface area contributed by atoms with Gasteiger partial charge in [0.2, 0.25) is 0 Å². The normalized spacial score (nSPS) is 22.9. The average molecular weight is 721 g/mol. The number of nitrogens with zero attached hydrogens (tertiary/aromatic N) is 6. The van der Waals surface area contributed by atoms with Crippen molar-refractivity contribution in [2.75, 3.05) is 84.6 Å². The topological polar surface area (TPSA) is 19.4 Å². The Morgan fingerprint density at radius 2 is 0.314 bits per heavy atom. The van der Waals surface area contributed by atoms with E-state index in [1.165, 1.54) is 173 Å². The highest BCUT2D eigenvalue weighted by molar-refractivity contribution is 4.80. The second-order valence-corrected chi connectivity index (χ2v) is 18.5. The third-order valence-corrected chi connectivity index (χ3v) is 12.8. The molecule has 51 heavy (non-hydrogen) atoms. The van der Waals surface area contributed by atoms with Crippen LogP contribution in [0.1, 0.15) is 173 Å². The van der Waals surface area contributed by atoms with Crippen LogP contribution in [0.25, 0.3) is 0 Å². The van der Waals surface area contributed by atoms with E-state index in [0.29, 0.717) is 0 Å². The molecule has 6 fully saturated rings. The van der Waals surface area contributed by atoms with E-state index in [0.717, 1.165) is 36.3 Å². The SMILES string of the molecule is CN(C)C1CC1.CN(C)C1CCC1.CN(C)C1CCCC1.CN(C)C1CCCCC1.CN(C)C1CCCCCC1.CN(C)C1CCCCCCC1. The zero-order chi connectivity index (χ0) is 38.0. The predicted molar refractivity (Wildman–Crippen MR) is 230 cm³/mol. The summed E-state index contributed by atoms with van der Waals surface area (Å²) in [6.45, 7) is 0. The van der Waals surface area contributed by atoms with Crippen LogP contribution in [-0.2, 0) is 0 Å². The van der Waals surface area contributed by atoms with Crippen LogP contribution in [0.5, 0.6) is 0 Å². The van der Waals surface area contributed by atoms with Crippen molar-refractivity contribution < 1.29 is 0 Å². The van der Waals surface area contributed by atoms with Gasteiger partial charge in [-0.05, 0) is 162 Å². The lowest BCUT2D eigenvalue weighted by Gasteiger charge is -2.31. The average Bonchev–Trinajstić information content (AvgIpc) is 3.82. The predicted octanol–water partition coefficient (Wildman–Crippen LogP) is 10.1. The summed E-state index contributed by atoms with van der Waals surface area (Å²) in [6.07, 6.45) is 38.9. The van der Waals surface area contributed by atoms with Crippen LogP contribution in [0.15, 0.2) is 0 Å². The van der Waals surface area contributed by atoms with Crippen LogP contribution in [0, 0.1) is 0 Å². The van der Waals surface area contributed by atoms with Crippen LogP contribution >= 0.6 is 0 Å².